The molecule has 4 heteroatoms. The van der Waals surface area contributed by atoms with E-state index in [4.69, 9.17) is 0 Å². The molecule has 0 aliphatic heterocycles. The Labute approximate surface area is 132 Å². The smallest absolute Gasteiger partial charge is 0.191 e. The molecule has 0 atom stereocenters. The Morgan fingerprint density at radius 3 is 2.50 bits per heavy atom. The van der Waals surface area contributed by atoms with E-state index in [1.54, 1.807) is 7.05 Å². The first-order chi connectivity index (χ1) is 10.6. The van der Waals surface area contributed by atoms with Gasteiger partial charge in [-0.2, -0.15) is 0 Å². The fraction of sp³-hybridized carbons (Fsp3) is 0.333. The Hall–Kier alpha value is -2.36. The Balaban J connectivity index is 1.90. The van der Waals surface area contributed by atoms with Crippen molar-refractivity contribution < 1.29 is 0 Å². The normalized spacial score (nSPS) is 11.4. The van der Waals surface area contributed by atoms with Gasteiger partial charge in [-0.15, -0.1) is 0 Å². The molecule has 0 amide bonds. The Morgan fingerprint density at radius 1 is 1.05 bits per heavy atom. The second-order valence-corrected chi connectivity index (χ2v) is 5.48. The number of aliphatic imine (C=N–C) groups is 1. The van der Waals surface area contributed by atoms with E-state index in [-0.39, 0.29) is 0 Å². The molecule has 1 aromatic carbocycles. The Bertz CT molecular complexity index is 662. The first-order valence-corrected chi connectivity index (χ1v) is 7.51. The van der Waals surface area contributed by atoms with E-state index in [0.717, 1.165) is 23.9 Å². The van der Waals surface area contributed by atoms with Gasteiger partial charge in [0.1, 0.15) is 0 Å². The fourth-order valence-corrected chi connectivity index (χ4v) is 2.32. The summed E-state index contributed by atoms with van der Waals surface area (Å²) in [4.78, 5) is 8.73. The van der Waals surface area contributed by atoms with Crippen molar-refractivity contribution in [1.82, 2.24) is 15.6 Å². The number of benzene rings is 1. The van der Waals surface area contributed by atoms with Gasteiger partial charge in [-0.1, -0.05) is 29.8 Å². The minimum Gasteiger partial charge on any atom is -0.352 e. The van der Waals surface area contributed by atoms with Crippen LogP contribution in [-0.2, 0) is 13.1 Å². The summed E-state index contributed by atoms with van der Waals surface area (Å²) in [5.41, 5.74) is 5.90. The molecule has 2 N–H and O–H groups in total. The monoisotopic (exact) mass is 296 g/mol. The van der Waals surface area contributed by atoms with Gasteiger partial charge in [0.15, 0.2) is 5.96 Å². The second kappa shape index (κ2) is 7.59. The van der Waals surface area contributed by atoms with Crippen LogP contribution in [0, 0.1) is 20.8 Å². The summed E-state index contributed by atoms with van der Waals surface area (Å²) in [6, 6.07) is 12.5. The third-order valence-electron chi connectivity index (χ3n) is 3.55. The standard InChI is InChI=1S/C18H24N4/c1-13-8-9-16(14(2)10-13)11-20-18(19-4)21-12-17-7-5-6-15(3)22-17/h5-10H,11-12H2,1-4H3,(H2,19,20,21). The van der Waals surface area contributed by atoms with Crippen molar-refractivity contribution in [3.8, 4) is 0 Å². The lowest BCUT2D eigenvalue weighted by atomic mass is 10.1. The lowest BCUT2D eigenvalue weighted by Gasteiger charge is -2.13. The van der Waals surface area contributed by atoms with E-state index in [1.165, 1.54) is 16.7 Å². The van der Waals surface area contributed by atoms with E-state index >= 15 is 0 Å². The highest BCUT2D eigenvalue weighted by Gasteiger charge is 2.02. The highest BCUT2D eigenvalue weighted by Crippen LogP contribution is 2.09. The molecule has 116 valence electrons. The van der Waals surface area contributed by atoms with Crippen molar-refractivity contribution in [2.75, 3.05) is 7.05 Å². The summed E-state index contributed by atoms with van der Waals surface area (Å²) in [6.45, 7) is 7.66. The minimum absolute atomic E-state index is 0.661. The second-order valence-electron chi connectivity index (χ2n) is 5.48. The SMILES string of the molecule is CN=C(NCc1cccc(C)n1)NCc1ccc(C)cc1C. The molecule has 0 bridgehead atoms. The summed E-state index contributed by atoms with van der Waals surface area (Å²) < 4.78 is 0. The van der Waals surface area contributed by atoms with Gasteiger partial charge in [0.25, 0.3) is 0 Å². The molecule has 0 unspecified atom stereocenters. The van der Waals surface area contributed by atoms with E-state index in [1.807, 2.05) is 25.1 Å². The summed E-state index contributed by atoms with van der Waals surface area (Å²) >= 11 is 0. The first kappa shape index (κ1) is 16.0. The number of aromatic nitrogens is 1. The summed E-state index contributed by atoms with van der Waals surface area (Å²) in [5, 5.41) is 6.63. The lowest BCUT2D eigenvalue weighted by molar-refractivity contribution is 0.789. The molecule has 2 aromatic rings. The number of aryl methyl sites for hydroxylation is 3. The van der Waals surface area contributed by atoms with Gasteiger partial charge in [-0.05, 0) is 44.0 Å². The van der Waals surface area contributed by atoms with Gasteiger partial charge in [-0.3, -0.25) is 9.98 Å². The van der Waals surface area contributed by atoms with Crippen molar-refractivity contribution in [2.45, 2.75) is 33.9 Å². The zero-order valence-electron chi connectivity index (χ0n) is 13.8. The molecular formula is C18H24N4. The number of guanidine groups is 1. The van der Waals surface area contributed by atoms with Gasteiger partial charge in [0.2, 0.25) is 0 Å². The van der Waals surface area contributed by atoms with E-state index < -0.39 is 0 Å². The highest BCUT2D eigenvalue weighted by atomic mass is 15.2. The van der Waals surface area contributed by atoms with Gasteiger partial charge in [-0.25, -0.2) is 0 Å². The lowest BCUT2D eigenvalue weighted by Crippen LogP contribution is -2.36. The summed E-state index contributed by atoms with van der Waals surface area (Å²) in [7, 11) is 1.78. The van der Waals surface area contributed by atoms with Crippen LogP contribution in [0.15, 0.2) is 41.4 Å². The van der Waals surface area contributed by atoms with Crippen molar-refractivity contribution in [3.63, 3.8) is 0 Å². The van der Waals surface area contributed by atoms with Crippen LogP contribution in [0.2, 0.25) is 0 Å². The molecule has 4 nitrogen and oxygen atoms in total. The summed E-state index contributed by atoms with van der Waals surface area (Å²) in [5.74, 6) is 0.781. The predicted octanol–water partition coefficient (Wildman–Crippen LogP) is 2.87. The maximum atomic E-state index is 4.48. The van der Waals surface area contributed by atoms with Crippen LogP contribution in [0.3, 0.4) is 0 Å². The minimum atomic E-state index is 0.661. The van der Waals surface area contributed by atoms with Crippen LogP contribution in [0.4, 0.5) is 0 Å². The number of pyridine rings is 1. The molecule has 0 aliphatic rings. The molecule has 0 aliphatic carbocycles. The van der Waals surface area contributed by atoms with Gasteiger partial charge in [0, 0.05) is 19.3 Å². The Morgan fingerprint density at radius 2 is 1.82 bits per heavy atom. The van der Waals surface area contributed by atoms with Crippen molar-refractivity contribution in [1.29, 1.82) is 0 Å². The number of nitrogens with zero attached hydrogens (tertiary/aromatic N) is 2. The quantitative estimate of drug-likeness (QED) is 0.674. The average Bonchev–Trinajstić information content (AvgIpc) is 2.49. The van der Waals surface area contributed by atoms with Crippen LogP contribution >= 0.6 is 0 Å². The molecule has 1 aromatic heterocycles. The van der Waals surface area contributed by atoms with Crippen LogP contribution in [0.5, 0.6) is 0 Å². The molecular weight excluding hydrogens is 272 g/mol. The molecule has 1 heterocycles. The average molecular weight is 296 g/mol. The number of rotatable bonds is 4. The Kier molecular flexibility index (Phi) is 5.53. The molecule has 0 spiro atoms. The molecule has 0 radical (unpaired) electrons. The molecule has 22 heavy (non-hydrogen) atoms. The molecule has 2 rings (SSSR count). The van der Waals surface area contributed by atoms with Crippen LogP contribution in [0.25, 0.3) is 0 Å². The number of nitrogens with one attached hydrogen (secondary N) is 2. The topological polar surface area (TPSA) is 49.3 Å². The van der Waals surface area contributed by atoms with Crippen molar-refractivity contribution in [2.24, 2.45) is 4.99 Å². The number of hydrogen-bond donors (Lipinski definition) is 2. The summed E-state index contributed by atoms with van der Waals surface area (Å²) in [6.07, 6.45) is 0. The van der Waals surface area contributed by atoms with Crippen LogP contribution in [0.1, 0.15) is 28.1 Å². The van der Waals surface area contributed by atoms with E-state index in [0.29, 0.717) is 6.54 Å². The fourth-order valence-electron chi connectivity index (χ4n) is 2.32. The van der Waals surface area contributed by atoms with Crippen molar-refractivity contribution in [3.05, 3.63) is 64.5 Å². The maximum absolute atomic E-state index is 4.48. The van der Waals surface area contributed by atoms with E-state index in [9.17, 15) is 0 Å². The zero-order chi connectivity index (χ0) is 15.9. The van der Waals surface area contributed by atoms with Gasteiger partial charge >= 0.3 is 0 Å². The van der Waals surface area contributed by atoms with Crippen molar-refractivity contribution >= 4 is 5.96 Å². The largest absolute Gasteiger partial charge is 0.352 e. The van der Waals surface area contributed by atoms with Gasteiger partial charge in [0.05, 0.1) is 12.2 Å². The zero-order valence-corrected chi connectivity index (χ0v) is 13.8. The van der Waals surface area contributed by atoms with Gasteiger partial charge < -0.3 is 10.6 Å². The third-order valence-corrected chi connectivity index (χ3v) is 3.55. The predicted molar refractivity (Wildman–Crippen MR) is 91.9 cm³/mol. The van der Waals surface area contributed by atoms with Crippen LogP contribution in [-0.4, -0.2) is 18.0 Å². The molecule has 0 saturated carbocycles. The molecule has 0 saturated heterocycles. The highest BCUT2D eigenvalue weighted by molar-refractivity contribution is 5.79. The van der Waals surface area contributed by atoms with Crippen LogP contribution < -0.4 is 10.6 Å². The van der Waals surface area contributed by atoms with E-state index in [2.05, 4.69) is 52.7 Å². The third kappa shape index (κ3) is 4.58. The molecule has 0 fully saturated rings. The number of hydrogen-bond acceptors (Lipinski definition) is 2. The maximum Gasteiger partial charge on any atom is 0.191 e. The first-order valence-electron chi connectivity index (χ1n) is 7.51.